The van der Waals surface area contributed by atoms with Crippen LogP contribution in [0.25, 0.3) is 0 Å². The Balaban J connectivity index is 1.77. The van der Waals surface area contributed by atoms with Gasteiger partial charge in [0, 0.05) is 29.5 Å². The number of amides is 1. The van der Waals surface area contributed by atoms with Crippen molar-refractivity contribution in [1.29, 1.82) is 0 Å². The van der Waals surface area contributed by atoms with Gasteiger partial charge in [-0.25, -0.2) is 8.42 Å². The van der Waals surface area contributed by atoms with Crippen LogP contribution in [-0.4, -0.2) is 61.6 Å². The van der Waals surface area contributed by atoms with E-state index in [4.69, 9.17) is 30.5 Å². The second-order valence-electron chi connectivity index (χ2n) is 8.45. The lowest BCUT2D eigenvalue weighted by Crippen LogP contribution is -2.41. The minimum atomic E-state index is -4.25. The summed E-state index contributed by atoms with van der Waals surface area (Å²) in [4.78, 5) is 12.9. The van der Waals surface area contributed by atoms with Crippen LogP contribution in [0.1, 0.15) is 12.0 Å². The van der Waals surface area contributed by atoms with E-state index in [1.165, 1.54) is 52.7 Å². The zero-order valence-electron chi connectivity index (χ0n) is 22.8. The molecule has 3 aromatic rings. The molecule has 1 amide bonds. The molecule has 0 saturated carbocycles. The molecule has 0 aromatic heterocycles. The van der Waals surface area contributed by atoms with Crippen molar-refractivity contribution in [2.75, 3.05) is 51.6 Å². The smallest absolute Gasteiger partial charge is 0.265 e. The Morgan fingerprint density at radius 2 is 1.62 bits per heavy atom. The number of benzene rings is 3. The van der Waals surface area contributed by atoms with Gasteiger partial charge in [-0.15, -0.1) is 0 Å². The summed E-state index contributed by atoms with van der Waals surface area (Å²) in [5, 5.41) is 3.52. The third kappa shape index (κ3) is 8.12. The number of hydrogen-bond acceptors (Lipinski definition) is 8. The summed E-state index contributed by atoms with van der Waals surface area (Å²) in [7, 11) is 1.51. The maximum atomic E-state index is 13.9. The first kappa shape index (κ1) is 31.3. The monoisotopic (exact) mass is 608 g/mol. The fraction of sp³-hybridized carbons (Fsp3) is 0.321. The van der Waals surface area contributed by atoms with Crippen molar-refractivity contribution >= 4 is 45.0 Å². The maximum absolute atomic E-state index is 13.9. The Morgan fingerprint density at radius 1 is 0.900 bits per heavy atom. The first-order chi connectivity index (χ1) is 19.2. The van der Waals surface area contributed by atoms with Crippen molar-refractivity contribution in [3.05, 3.63) is 71.2 Å². The Kier molecular flexibility index (Phi) is 11.7. The van der Waals surface area contributed by atoms with Gasteiger partial charge in [0.1, 0.15) is 18.0 Å². The first-order valence-corrected chi connectivity index (χ1v) is 15.3. The number of thioether (sulfide) groups is 1. The second-order valence-corrected chi connectivity index (χ2v) is 11.9. The fourth-order valence-electron chi connectivity index (χ4n) is 3.80. The van der Waals surface area contributed by atoms with Crippen molar-refractivity contribution in [2.45, 2.75) is 17.1 Å². The minimum absolute atomic E-state index is 0.0831. The van der Waals surface area contributed by atoms with E-state index in [9.17, 15) is 13.2 Å². The number of nitrogens with one attached hydrogen (secondary N) is 1. The van der Waals surface area contributed by atoms with E-state index in [0.29, 0.717) is 29.5 Å². The standard InChI is InChI=1S/C28H33ClN2O7S2/c1-35-22-9-11-25(36-2)24(16-22)31(40(33,34)23-10-12-26(37-3)27(17-23)38-4)18-28(32)30-13-6-14-39-19-20-7-5-8-21(29)15-20/h5,7-12,15-17H,6,13-14,18-19H2,1-4H3,(H,30,32). The number of ether oxygens (including phenoxy) is 4. The van der Waals surface area contributed by atoms with Crippen LogP contribution in [0.15, 0.2) is 65.6 Å². The number of methoxy groups -OCH3 is 4. The Bertz CT molecular complexity index is 1400. The van der Waals surface area contributed by atoms with Gasteiger partial charge >= 0.3 is 0 Å². The van der Waals surface area contributed by atoms with E-state index < -0.39 is 22.5 Å². The summed E-state index contributed by atoms with van der Waals surface area (Å²) in [6.45, 7) is -0.0866. The molecule has 40 heavy (non-hydrogen) atoms. The van der Waals surface area contributed by atoms with Crippen LogP contribution in [0, 0.1) is 0 Å². The topological polar surface area (TPSA) is 103 Å². The molecule has 0 aliphatic carbocycles. The van der Waals surface area contributed by atoms with Gasteiger partial charge in [0.25, 0.3) is 10.0 Å². The summed E-state index contributed by atoms with van der Waals surface area (Å²) < 4.78 is 50.1. The molecule has 0 bridgehead atoms. The van der Waals surface area contributed by atoms with E-state index >= 15 is 0 Å². The second kappa shape index (κ2) is 14.9. The predicted molar refractivity (Wildman–Crippen MR) is 159 cm³/mol. The average Bonchev–Trinajstić information content (AvgIpc) is 2.96. The number of sulfonamides is 1. The Morgan fingerprint density at radius 3 is 2.30 bits per heavy atom. The number of hydrogen-bond donors (Lipinski definition) is 1. The van der Waals surface area contributed by atoms with E-state index in [0.717, 1.165) is 21.4 Å². The summed E-state index contributed by atoms with van der Waals surface area (Å²) in [5.41, 5.74) is 1.29. The molecule has 216 valence electrons. The zero-order valence-corrected chi connectivity index (χ0v) is 25.2. The van der Waals surface area contributed by atoms with Crippen molar-refractivity contribution in [2.24, 2.45) is 0 Å². The number of anilines is 1. The molecule has 3 rings (SSSR count). The summed E-state index contributed by atoms with van der Waals surface area (Å²) in [6, 6.07) is 16.7. The van der Waals surface area contributed by atoms with Gasteiger partial charge in [-0.2, -0.15) is 11.8 Å². The molecule has 0 saturated heterocycles. The normalized spacial score (nSPS) is 11.0. The highest BCUT2D eigenvalue weighted by molar-refractivity contribution is 7.98. The summed E-state index contributed by atoms with van der Waals surface area (Å²) >= 11 is 7.76. The number of nitrogens with zero attached hydrogens (tertiary/aromatic N) is 1. The highest BCUT2D eigenvalue weighted by Crippen LogP contribution is 2.37. The molecule has 0 unspecified atom stereocenters. The lowest BCUT2D eigenvalue weighted by atomic mass is 10.2. The highest BCUT2D eigenvalue weighted by Gasteiger charge is 2.31. The van der Waals surface area contributed by atoms with Crippen LogP contribution in [0.4, 0.5) is 5.69 Å². The van der Waals surface area contributed by atoms with Crippen molar-refractivity contribution < 1.29 is 32.2 Å². The molecule has 0 heterocycles. The van der Waals surface area contributed by atoms with Crippen molar-refractivity contribution in [3.8, 4) is 23.0 Å². The molecule has 0 aliphatic rings. The van der Waals surface area contributed by atoms with Crippen LogP contribution in [0.2, 0.25) is 5.02 Å². The van der Waals surface area contributed by atoms with Gasteiger partial charge in [0.05, 0.1) is 39.0 Å². The van der Waals surface area contributed by atoms with E-state index in [-0.39, 0.29) is 22.1 Å². The number of rotatable bonds is 15. The van der Waals surface area contributed by atoms with Crippen LogP contribution < -0.4 is 28.6 Å². The maximum Gasteiger partial charge on any atom is 0.265 e. The quantitative estimate of drug-likeness (QED) is 0.240. The van der Waals surface area contributed by atoms with Crippen LogP contribution in [0.5, 0.6) is 23.0 Å². The van der Waals surface area contributed by atoms with Crippen molar-refractivity contribution in [1.82, 2.24) is 5.32 Å². The van der Waals surface area contributed by atoms with Gasteiger partial charge in [0.15, 0.2) is 11.5 Å². The largest absolute Gasteiger partial charge is 0.497 e. The number of carbonyl (C=O) groups excluding carboxylic acids is 1. The van der Waals surface area contributed by atoms with E-state index in [1.54, 1.807) is 23.9 Å². The summed E-state index contributed by atoms with van der Waals surface area (Å²) in [5.74, 6) is 2.43. The third-order valence-corrected chi connectivity index (χ3v) is 8.94. The minimum Gasteiger partial charge on any atom is -0.497 e. The Hall–Kier alpha value is -3.28. The van der Waals surface area contributed by atoms with E-state index in [2.05, 4.69) is 5.32 Å². The molecule has 0 spiro atoms. The van der Waals surface area contributed by atoms with E-state index in [1.807, 2.05) is 24.3 Å². The zero-order chi connectivity index (χ0) is 29.1. The molecular formula is C28H33ClN2O7S2. The molecule has 0 radical (unpaired) electrons. The first-order valence-electron chi connectivity index (χ1n) is 12.3. The molecule has 9 nitrogen and oxygen atoms in total. The van der Waals surface area contributed by atoms with Crippen LogP contribution in [-0.2, 0) is 20.6 Å². The van der Waals surface area contributed by atoms with Gasteiger partial charge in [-0.3, -0.25) is 9.10 Å². The predicted octanol–water partition coefficient (Wildman–Crippen LogP) is 5.01. The molecule has 3 aromatic carbocycles. The van der Waals surface area contributed by atoms with Crippen LogP contribution >= 0.6 is 23.4 Å². The molecule has 0 atom stereocenters. The molecular weight excluding hydrogens is 576 g/mol. The SMILES string of the molecule is COc1ccc(OC)c(N(CC(=O)NCCCSCc2cccc(Cl)c2)S(=O)(=O)c2ccc(OC)c(OC)c2)c1. The lowest BCUT2D eigenvalue weighted by molar-refractivity contribution is -0.119. The lowest BCUT2D eigenvalue weighted by Gasteiger charge is -2.26. The number of carbonyl (C=O) groups is 1. The van der Waals surface area contributed by atoms with Gasteiger partial charge in [-0.1, -0.05) is 23.7 Å². The fourth-order valence-corrected chi connectivity index (χ4v) is 6.36. The highest BCUT2D eigenvalue weighted by atomic mass is 35.5. The molecule has 0 aliphatic heterocycles. The number of halogens is 1. The average molecular weight is 609 g/mol. The van der Waals surface area contributed by atoms with Crippen LogP contribution in [0.3, 0.4) is 0 Å². The van der Waals surface area contributed by atoms with Crippen molar-refractivity contribution in [3.63, 3.8) is 0 Å². The summed E-state index contributed by atoms with van der Waals surface area (Å²) in [6.07, 6.45) is 0.710. The Labute approximate surface area is 244 Å². The molecule has 0 fully saturated rings. The van der Waals surface area contributed by atoms with Gasteiger partial charge in [-0.05, 0) is 54.1 Å². The third-order valence-electron chi connectivity index (χ3n) is 5.83. The van der Waals surface area contributed by atoms with Gasteiger partial charge < -0.3 is 24.3 Å². The molecule has 1 N–H and O–H groups in total. The van der Waals surface area contributed by atoms with Gasteiger partial charge in [0.2, 0.25) is 5.91 Å². The molecule has 12 heteroatoms.